The summed E-state index contributed by atoms with van der Waals surface area (Å²) < 4.78 is 32.5. The number of rotatable bonds is 7. The zero-order valence-electron chi connectivity index (χ0n) is 24.5. The molecule has 0 radical (unpaired) electrons. The van der Waals surface area contributed by atoms with Crippen LogP contribution in [0.3, 0.4) is 0 Å². The van der Waals surface area contributed by atoms with Gasteiger partial charge in [-0.3, -0.25) is 13.9 Å². The van der Waals surface area contributed by atoms with Crippen molar-refractivity contribution in [2.75, 3.05) is 24.6 Å². The highest BCUT2D eigenvalue weighted by Gasteiger charge is 2.40. The minimum Gasteiger partial charge on any atom is -0.466 e. The van der Waals surface area contributed by atoms with E-state index in [1.54, 1.807) is 18.3 Å². The van der Waals surface area contributed by atoms with Crippen molar-refractivity contribution in [3.8, 4) is 0 Å². The number of anilines is 1. The number of nitrogens with zero attached hydrogens (tertiary/aromatic N) is 6. The Morgan fingerprint density at radius 3 is 2.81 bits per heavy atom. The molecule has 42 heavy (non-hydrogen) atoms. The van der Waals surface area contributed by atoms with Crippen molar-refractivity contribution < 1.29 is 18.6 Å². The molecule has 2 aliphatic heterocycles. The lowest BCUT2D eigenvalue weighted by Crippen LogP contribution is -2.38. The number of pyridine rings is 1. The summed E-state index contributed by atoms with van der Waals surface area (Å²) in [6.45, 7) is 7.81. The molecule has 1 fully saturated rings. The van der Waals surface area contributed by atoms with Crippen LogP contribution in [0.25, 0.3) is 11.0 Å². The molecule has 0 spiro atoms. The average Bonchev–Trinajstić information content (AvgIpc) is 3.54. The topological polar surface area (TPSA) is 117 Å². The lowest BCUT2D eigenvalue weighted by Gasteiger charge is -2.42. The van der Waals surface area contributed by atoms with Gasteiger partial charge in [-0.2, -0.15) is 9.40 Å². The van der Waals surface area contributed by atoms with Crippen LogP contribution in [0.5, 0.6) is 0 Å². The summed E-state index contributed by atoms with van der Waals surface area (Å²) in [4.78, 5) is 20.1. The molecule has 0 saturated carbocycles. The van der Waals surface area contributed by atoms with Gasteiger partial charge in [0.1, 0.15) is 4.90 Å². The number of fused-ring (bicyclic) bond motifs is 4. The molecule has 2 aliphatic rings. The first-order valence-corrected chi connectivity index (χ1v) is 16.0. The fourth-order valence-corrected chi connectivity index (χ4v) is 8.03. The third-order valence-electron chi connectivity index (χ3n) is 8.56. The Hall–Kier alpha value is -3.51. The van der Waals surface area contributed by atoms with Crippen LogP contribution >= 0.6 is 10.8 Å². The first-order valence-electron chi connectivity index (χ1n) is 14.5. The zero-order valence-corrected chi connectivity index (χ0v) is 25.3. The van der Waals surface area contributed by atoms with Crippen LogP contribution in [0.15, 0.2) is 53.6 Å². The lowest BCUT2D eigenvalue weighted by molar-refractivity contribution is -0.143. The molecule has 1 unspecified atom stereocenters. The number of aromatic nitrogens is 4. The van der Waals surface area contributed by atoms with Gasteiger partial charge in [0.2, 0.25) is 0 Å². The zero-order chi connectivity index (χ0) is 29.6. The van der Waals surface area contributed by atoms with Crippen molar-refractivity contribution in [1.29, 1.82) is 0 Å². The Morgan fingerprint density at radius 1 is 1.17 bits per heavy atom. The third kappa shape index (κ3) is 5.15. The van der Waals surface area contributed by atoms with Gasteiger partial charge in [-0.1, -0.05) is 18.2 Å². The van der Waals surface area contributed by atoms with E-state index in [-0.39, 0.29) is 24.3 Å². The van der Waals surface area contributed by atoms with Gasteiger partial charge in [-0.05, 0) is 74.6 Å². The monoisotopic (exact) mass is 590 g/mol. The predicted molar refractivity (Wildman–Crippen MR) is 164 cm³/mol. The minimum absolute atomic E-state index is 0.160. The van der Waals surface area contributed by atoms with Gasteiger partial charge in [0.15, 0.2) is 11.5 Å². The molecule has 4 aromatic rings. The molecule has 5 heterocycles. The van der Waals surface area contributed by atoms with Crippen LogP contribution < -0.4 is 4.90 Å². The Bertz CT molecular complexity index is 1640. The van der Waals surface area contributed by atoms with Crippen molar-refractivity contribution in [3.63, 3.8) is 0 Å². The van der Waals surface area contributed by atoms with E-state index >= 15 is 0 Å². The van der Waals surface area contributed by atoms with Crippen molar-refractivity contribution in [1.82, 2.24) is 24.1 Å². The molecule has 0 amide bonds. The summed E-state index contributed by atoms with van der Waals surface area (Å²) in [5.41, 5.74) is 5.49. The minimum atomic E-state index is -3.28. The predicted octanol–water partition coefficient (Wildman–Crippen LogP) is 5.57. The number of aryl methyl sites for hydroxylation is 3. The third-order valence-corrected chi connectivity index (χ3v) is 10.5. The van der Waals surface area contributed by atoms with Gasteiger partial charge in [0.05, 0.1) is 18.7 Å². The van der Waals surface area contributed by atoms with Crippen molar-refractivity contribution in [2.24, 2.45) is 7.05 Å². The molecule has 2 atom stereocenters. The Balaban J connectivity index is 1.39. The molecule has 0 aliphatic carbocycles. The van der Waals surface area contributed by atoms with Gasteiger partial charge >= 0.3 is 5.97 Å². The van der Waals surface area contributed by atoms with Gasteiger partial charge < -0.3 is 14.2 Å². The standard InChI is InChI=1S/C31H38N6O4S/c1-5-41-29(38)17-26(27-16-23-14-21(3)33-34-30(23)35(27)4)22-11-10-20(2)24(15-22)18-36-19-25-8-7-13-37(25)31-28(42(36,39)40)9-6-12-32-31/h6,9-12,14-16,25-26,39-40H,5,7-8,13,17-19H2,1-4H3/t25-,26?/m0/s1. The van der Waals surface area contributed by atoms with E-state index in [4.69, 9.17) is 4.74 Å². The van der Waals surface area contributed by atoms with Crippen LogP contribution in [0, 0.1) is 13.8 Å². The quantitative estimate of drug-likeness (QED) is 0.266. The number of carbonyl (C=O) groups is 1. The van der Waals surface area contributed by atoms with Crippen molar-refractivity contribution >= 4 is 33.6 Å². The van der Waals surface area contributed by atoms with Crippen LogP contribution in [-0.2, 0) is 23.1 Å². The second-order valence-electron chi connectivity index (χ2n) is 11.3. The van der Waals surface area contributed by atoms with Gasteiger partial charge in [-0.25, -0.2) is 4.98 Å². The fraction of sp³-hybridized carbons (Fsp3) is 0.419. The number of carbonyl (C=O) groups excluding carboxylic acids is 1. The second-order valence-corrected chi connectivity index (χ2v) is 13.3. The highest BCUT2D eigenvalue weighted by Crippen LogP contribution is 2.58. The van der Waals surface area contributed by atoms with Gasteiger partial charge in [0, 0.05) is 55.9 Å². The number of ether oxygens (including phenoxy) is 1. The maximum Gasteiger partial charge on any atom is 0.306 e. The van der Waals surface area contributed by atoms with Crippen molar-refractivity contribution in [2.45, 2.75) is 63.4 Å². The number of hydrogen-bond donors (Lipinski definition) is 2. The Morgan fingerprint density at radius 2 is 2.00 bits per heavy atom. The SMILES string of the molecule is CCOC(=O)CC(c1ccc(C)c(CN2C[C@@H]3CCCN3c3ncccc3S2(O)O)c1)c1cc2cc(C)nnc2n1C. The fourth-order valence-electron chi connectivity index (χ4n) is 6.38. The Kier molecular flexibility index (Phi) is 7.69. The second kappa shape index (κ2) is 11.3. The summed E-state index contributed by atoms with van der Waals surface area (Å²) in [5.74, 6) is 0.114. The van der Waals surface area contributed by atoms with E-state index < -0.39 is 10.8 Å². The first kappa shape index (κ1) is 28.6. The maximum absolute atomic E-state index is 12.9. The van der Waals surface area contributed by atoms with E-state index in [1.807, 2.05) is 42.8 Å². The average molecular weight is 591 g/mol. The van der Waals surface area contributed by atoms with Crippen LogP contribution in [0.4, 0.5) is 5.82 Å². The summed E-state index contributed by atoms with van der Waals surface area (Å²) >= 11 is 0. The van der Waals surface area contributed by atoms with Gasteiger partial charge in [-0.15, -0.1) is 15.9 Å². The molecule has 0 bridgehead atoms. The van der Waals surface area contributed by atoms with E-state index in [0.717, 1.165) is 58.5 Å². The maximum atomic E-state index is 12.9. The largest absolute Gasteiger partial charge is 0.466 e. The molecule has 222 valence electrons. The van der Waals surface area contributed by atoms with Crippen LogP contribution in [0.2, 0.25) is 0 Å². The number of benzene rings is 1. The molecule has 1 aromatic carbocycles. The van der Waals surface area contributed by atoms with E-state index in [2.05, 4.69) is 44.3 Å². The number of hydrogen-bond acceptors (Lipinski definition) is 9. The molecular formula is C31H38N6O4S. The van der Waals surface area contributed by atoms with E-state index in [0.29, 0.717) is 30.4 Å². The molecular weight excluding hydrogens is 552 g/mol. The normalized spacial score (nSPS) is 19.7. The molecule has 6 rings (SSSR count). The first-order chi connectivity index (χ1) is 20.2. The van der Waals surface area contributed by atoms with Crippen LogP contribution in [-0.4, -0.2) is 64.9 Å². The van der Waals surface area contributed by atoms with Crippen molar-refractivity contribution in [3.05, 3.63) is 76.7 Å². The summed E-state index contributed by atoms with van der Waals surface area (Å²) in [7, 11) is -1.34. The molecule has 10 nitrogen and oxygen atoms in total. The molecule has 2 N–H and O–H groups in total. The highest BCUT2D eigenvalue weighted by molar-refractivity contribution is 8.22. The number of esters is 1. The summed E-state index contributed by atoms with van der Waals surface area (Å²) in [6, 6.07) is 14.0. The van der Waals surface area contributed by atoms with E-state index in [9.17, 15) is 13.9 Å². The summed E-state index contributed by atoms with van der Waals surface area (Å²) in [5, 5.41) is 9.60. The molecule has 11 heteroatoms. The smallest absolute Gasteiger partial charge is 0.306 e. The highest BCUT2D eigenvalue weighted by atomic mass is 32.3. The lowest BCUT2D eigenvalue weighted by atomic mass is 9.89. The Labute approximate surface area is 247 Å². The summed E-state index contributed by atoms with van der Waals surface area (Å²) in [6.07, 6.45) is 3.91. The molecule has 1 saturated heterocycles. The van der Waals surface area contributed by atoms with Crippen LogP contribution in [0.1, 0.15) is 60.2 Å². The van der Waals surface area contributed by atoms with E-state index in [1.165, 1.54) is 0 Å². The van der Waals surface area contributed by atoms with Gasteiger partial charge in [0.25, 0.3) is 0 Å². The molecule has 3 aromatic heterocycles.